The number of methoxy groups -OCH3 is 1. The van der Waals surface area contributed by atoms with Gasteiger partial charge in [-0.15, -0.1) is 0 Å². The van der Waals surface area contributed by atoms with Gasteiger partial charge in [-0.3, -0.25) is 0 Å². The Morgan fingerprint density at radius 3 is 2.77 bits per heavy atom. The molecule has 4 heteroatoms. The molecule has 0 aliphatic carbocycles. The highest BCUT2D eigenvalue weighted by Crippen LogP contribution is 2.20. The number of hydrogen-bond acceptors (Lipinski definition) is 2. The summed E-state index contributed by atoms with van der Waals surface area (Å²) in [6, 6.07) is 4.32. The largest absolute Gasteiger partial charge is 0.491 e. The molecule has 0 bridgehead atoms. The lowest BCUT2D eigenvalue weighted by Gasteiger charge is -2.05. The molecule has 0 aliphatic rings. The first-order chi connectivity index (χ1) is 6.24. The van der Waals surface area contributed by atoms with Crippen molar-refractivity contribution in [3.63, 3.8) is 0 Å². The molecule has 1 aromatic carbocycles. The molecule has 0 fully saturated rings. The zero-order chi connectivity index (χ0) is 9.68. The second kappa shape index (κ2) is 5.04. The maximum absolute atomic E-state index is 12.8. The maximum atomic E-state index is 12.8. The summed E-state index contributed by atoms with van der Waals surface area (Å²) in [7, 11) is 1.58. The highest BCUT2D eigenvalue weighted by molar-refractivity contribution is 6.30. The van der Waals surface area contributed by atoms with Crippen molar-refractivity contribution < 1.29 is 13.9 Å². The van der Waals surface area contributed by atoms with E-state index in [2.05, 4.69) is 0 Å². The van der Waals surface area contributed by atoms with Crippen molar-refractivity contribution in [1.82, 2.24) is 0 Å². The van der Waals surface area contributed by atoms with Crippen LogP contribution in [0.5, 0.6) is 5.75 Å². The van der Waals surface area contributed by atoms with E-state index in [-0.39, 0.29) is 5.02 Å². The SMILES string of the molecule is COCCOc1ccc(Cl)c(F)c1. The van der Waals surface area contributed by atoms with Crippen LogP contribution in [0.25, 0.3) is 0 Å². The average molecular weight is 205 g/mol. The van der Waals surface area contributed by atoms with Gasteiger partial charge in [-0.1, -0.05) is 11.6 Å². The van der Waals surface area contributed by atoms with Gasteiger partial charge in [-0.25, -0.2) is 4.39 Å². The van der Waals surface area contributed by atoms with Crippen molar-refractivity contribution in [2.24, 2.45) is 0 Å². The molecule has 1 aromatic rings. The highest BCUT2D eigenvalue weighted by Gasteiger charge is 2.00. The maximum Gasteiger partial charge on any atom is 0.145 e. The fraction of sp³-hybridized carbons (Fsp3) is 0.333. The predicted molar refractivity (Wildman–Crippen MR) is 48.8 cm³/mol. The molecule has 0 unspecified atom stereocenters. The van der Waals surface area contributed by atoms with Gasteiger partial charge >= 0.3 is 0 Å². The molecule has 0 aromatic heterocycles. The van der Waals surface area contributed by atoms with Gasteiger partial charge < -0.3 is 9.47 Å². The van der Waals surface area contributed by atoms with Gasteiger partial charge in [0.25, 0.3) is 0 Å². The third-order valence-electron chi connectivity index (χ3n) is 1.45. The predicted octanol–water partition coefficient (Wildman–Crippen LogP) is 2.50. The van der Waals surface area contributed by atoms with Crippen LogP contribution in [0.15, 0.2) is 18.2 Å². The van der Waals surface area contributed by atoms with Gasteiger partial charge in [0.1, 0.15) is 18.2 Å². The van der Waals surface area contributed by atoms with E-state index in [1.807, 2.05) is 0 Å². The molecule has 0 radical (unpaired) electrons. The average Bonchev–Trinajstić information content (AvgIpc) is 2.12. The molecule has 0 N–H and O–H groups in total. The van der Waals surface area contributed by atoms with Crippen LogP contribution in [-0.2, 0) is 4.74 Å². The Kier molecular flexibility index (Phi) is 3.99. The third-order valence-corrected chi connectivity index (χ3v) is 1.75. The van der Waals surface area contributed by atoms with Gasteiger partial charge in [0, 0.05) is 13.2 Å². The molecule has 1 rings (SSSR count). The first-order valence-electron chi connectivity index (χ1n) is 3.81. The van der Waals surface area contributed by atoms with Gasteiger partial charge in [0.2, 0.25) is 0 Å². The molecule has 0 spiro atoms. The smallest absolute Gasteiger partial charge is 0.145 e. The Balaban J connectivity index is 2.53. The molecule has 0 aliphatic heterocycles. The summed E-state index contributed by atoms with van der Waals surface area (Å²) in [5.74, 6) is -0.0180. The van der Waals surface area contributed by atoms with Crippen molar-refractivity contribution in [3.05, 3.63) is 29.0 Å². The topological polar surface area (TPSA) is 18.5 Å². The Bertz CT molecular complexity index is 278. The molecule has 2 nitrogen and oxygen atoms in total. The van der Waals surface area contributed by atoms with Crippen molar-refractivity contribution >= 4 is 11.6 Å². The van der Waals surface area contributed by atoms with Crippen LogP contribution in [0.2, 0.25) is 5.02 Å². The van der Waals surface area contributed by atoms with Crippen LogP contribution >= 0.6 is 11.6 Å². The first-order valence-corrected chi connectivity index (χ1v) is 4.18. The first kappa shape index (κ1) is 10.3. The molecular weight excluding hydrogens is 195 g/mol. The zero-order valence-electron chi connectivity index (χ0n) is 7.22. The standard InChI is InChI=1S/C9H10ClFO2/c1-12-4-5-13-7-2-3-8(10)9(11)6-7/h2-3,6H,4-5H2,1H3. The summed E-state index contributed by atoms with van der Waals surface area (Å²) in [5.41, 5.74) is 0. The van der Waals surface area contributed by atoms with Crippen molar-refractivity contribution in [2.75, 3.05) is 20.3 Å². The summed E-state index contributed by atoms with van der Waals surface area (Å²) in [6.45, 7) is 0.877. The van der Waals surface area contributed by atoms with Gasteiger partial charge in [0.15, 0.2) is 0 Å². The van der Waals surface area contributed by atoms with Gasteiger partial charge in [0.05, 0.1) is 11.6 Å². The molecule has 13 heavy (non-hydrogen) atoms. The van der Waals surface area contributed by atoms with Crippen LogP contribution in [0.1, 0.15) is 0 Å². The second-order valence-corrected chi connectivity index (χ2v) is 2.82. The van der Waals surface area contributed by atoms with Crippen molar-refractivity contribution in [2.45, 2.75) is 0 Å². The number of rotatable bonds is 4. The van der Waals surface area contributed by atoms with E-state index >= 15 is 0 Å². The van der Waals surface area contributed by atoms with Gasteiger partial charge in [-0.2, -0.15) is 0 Å². The lowest BCUT2D eigenvalue weighted by molar-refractivity contribution is 0.146. The monoisotopic (exact) mass is 204 g/mol. The van der Waals surface area contributed by atoms with E-state index in [0.29, 0.717) is 19.0 Å². The molecule has 0 heterocycles. The zero-order valence-corrected chi connectivity index (χ0v) is 7.97. The van der Waals surface area contributed by atoms with Crippen molar-refractivity contribution in [3.8, 4) is 5.75 Å². The van der Waals surface area contributed by atoms with Crippen molar-refractivity contribution in [1.29, 1.82) is 0 Å². The van der Waals surface area contributed by atoms with E-state index in [0.717, 1.165) is 0 Å². The third kappa shape index (κ3) is 3.20. The summed E-state index contributed by atoms with van der Waals surface area (Å²) in [5, 5.41) is 0.0964. The Hall–Kier alpha value is -0.800. The van der Waals surface area contributed by atoms with Crippen LogP contribution in [0.3, 0.4) is 0 Å². The van der Waals surface area contributed by atoms with Crippen LogP contribution in [-0.4, -0.2) is 20.3 Å². The summed E-state index contributed by atoms with van der Waals surface area (Å²) in [6.07, 6.45) is 0. The highest BCUT2D eigenvalue weighted by atomic mass is 35.5. The number of benzene rings is 1. The minimum atomic E-state index is -0.475. The van der Waals surface area contributed by atoms with Crippen LogP contribution < -0.4 is 4.74 Å². The number of ether oxygens (including phenoxy) is 2. The minimum Gasteiger partial charge on any atom is -0.491 e. The molecule has 0 amide bonds. The number of hydrogen-bond donors (Lipinski definition) is 0. The Labute approximate surface area is 81.2 Å². The van der Waals surface area contributed by atoms with E-state index in [9.17, 15) is 4.39 Å². The summed E-state index contributed by atoms with van der Waals surface area (Å²) in [4.78, 5) is 0. The fourth-order valence-corrected chi connectivity index (χ4v) is 0.927. The van der Waals surface area contributed by atoms with E-state index in [1.54, 1.807) is 13.2 Å². The molecular formula is C9H10ClFO2. The quantitative estimate of drug-likeness (QED) is 0.702. The lowest BCUT2D eigenvalue weighted by Crippen LogP contribution is -2.04. The Morgan fingerprint density at radius 1 is 1.38 bits per heavy atom. The molecule has 0 saturated carbocycles. The van der Waals surface area contributed by atoms with Crippen LogP contribution in [0.4, 0.5) is 4.39 Å². The molecule has 0 atom stereocenters. The minimum absolute atomic E-state index is 0.0964. The second-order valence-electron chi connectivity index (χ2n) is 2.42. The number of halogens is 2. The summed E-state index contributed by atoms with van der Waals surface area (Å²) < 4.78 is 22.8. The van der Waals surface area contributed by atoms with Crippen LogP contribution in [0, 0.1) is 5.82 Å². The van der Waals surface area contributed by atoms with E-state index in [4.69, 9.17) is 21.1 Å². The van der Waals surface area contributed by atoms with E-state index < -0.39 is 5.82 Å². The lowest BCUT2D eigenvalue weighted by atomic mass is 10.3. The fourth-order valence-electron chi connectivity index (χ4n) is 0.809. The van der Waals surface area contributed by atoms with Gasteiger partial charge in [-0.05, 0) is 12.1 Å². The Morgan fingerprint density at radius 2 is 2.15 bits per heavy atom. The van der Waals surface area contributed by atoms with E-state index in [1.165, 1.54) is 12.1 Å². The normalized spacial score (nSPS) is 10.1. The molecule has 72 valence electrons. The summed E-state index contributed by atoms with van der Waals surface area (Å²) >= 11 is 5.49. The molecule has 0 saturated heterocycles.